The Kier molecular flexibility index (Phi) is 11.8. The Labute approximate surface area is 322 Å². The van der Waals surface area contributed by atoms with Gasteiger partial charge < -0.3 is 29.3 Å². The van der Waals surface area contributed by atoms with Crippen LogP contribution in [0.4, 0.5) is 5.69 Å². The highest BCUT2D eigenvalue weighted by Crippen LogP contribution is 2.60. The number of aliphatic hydroxyl groups excluding tert-OH is 1. The Morgan fingerprint density at radius 2 is 1.70 bits per heavy atom. The van der Waals surface area contributed by atoms with Crippen LogP contribution in [-0.2, 0) is 28.7 Å². The number of aryl methyl sites for hydroxylation is 1. The molecule has 3 aliphatic heterocycles. The van der Waals surface area contributed by atoms with Crippen molar-refractivity contribution in [3.63, 3.8) is 0 Å². The van der Waals surface area contributed by atoms with Crippen molar-refractivity contribution >= 4 is 41.0 Å². The highest BCUT2D eigenvalue weighted by Gasteiger charge is 2.76. The van der Waals surface area contributed by atoms with E-state index in [4.69, 9.17) is 21.1 Å². The minimum absolute atomic E-state index is 0.0857. The minimum Gasteiger partial charge on any atom is -0.455 e. The number of likely N-dealkylation sites (tertiary alicyclic amines) is 1. The van der Waals surface area contributed by atoms with Gasteiger partial charge in [0.15, 0.2) is 0 Å². The quantitative estimate of drug-likeness (QED) is 0.142. The van der Waals surface area contributed by atoms with Crippen molar-refractivity contribution in [3.8, 4) is 0 Å². The molecular weight excluding hydrogens is 706 g/mol. The molecule has 6 rings (SSSR count). The Morgan fingerprint density at radius 3 is 2.31 bits per heavy atom. The van der Waals surface area contributed by atoms with Crippen LogP contribution in [0.15, 0.2) is 104 Å². The lowest BCUT2D eigenvalue weighted by Crippen LogP contribution is -2.57. The number of halogens is 1. The number of hydrogen-bond acceptors (Lipinski definition) is 7. The molecule has 3 aliphatic rings. The molecule has 1 spiro atoms. The summed E-state index contributed by atoms with van der Waals surface area (Å²) in [5.41, 5.74) is 1.14. The van der Waals surface area contributed by atoms with Gasteiger partial charge in [-0.1, -0.05) is 96.5 Å². The second-order valence-electron chi connectivity index (χ2n) is 14.4. The molecule has 2 bridgehead atoms. The van der Waals surface area contributed by atoms with Crippen LogP contribution >= 0.6 is 11.6 Å². The number of likely N-dealkylation sites (N-methyl/N-ethyl adjacent to an activating group) is 1. The van der Waals surface area contributed by atoms with Crippen molar-refractivity contribution in [2.45, 2.75) is 75.5 Å². The third kappa shape index (κ3) is 6.87. The number of rotatable bonds is 15. The molecule has 0 radical (unpaired) electrons. The number of carbonyl (C=O) groups is 4. The molecule has 3 heterocycles. The lowest BCUT2D eigenvalue weighted by atomic mass is 9.70. The first-order valence-corrected chi connectivity index (χ1v) is 18.8. The number of esters is 1. The molecule has 11 heteroatoms. The number of hydrogen-bond donors (Lipinski definition) is 1. The molecule has 3 amide bonds. The molecule has 284 valence electrons. The second-order valence-corrected chi connectivity index (χ2v) is 14.8. The summed E-state index contributed by atoms with van der Waals surface area (Å²) in [6.07, 6.45) is 3.23. The van der Waals surface area contributed by atoms with Crippen LogP contribution in [0.2, 0.25) is 5.02 Å². The maximum absolute atomic E-state index is 15.2. The van der Waals surface area contributed by atoms with Gasteiger partial charge in [0.2, 0.25) is 11.8 Å². The van der Waals surface area contributed by atoms with E-state index in [1.54, 1.807) is 60.5 Å². The Hall–Kier alpha value is -4.77. The van der Waals surface area contributed by atoms with Crippen LogP contribution in [0.3, 0.4) is 0 Å². The number of benzene rings is 3. The summed E-state index contributed by atoms with van der Waals surface area (Å²) in [6, 6.07) is 20.9. The van der Waals surface area contributed by atoms with Gasteiger partial charge >= 0.3 is 5.97 Å². The van der Waals surface area contributed by atoms with Crippen molar-refractivity contribution in [1.82, 2.24) is 9.80 Å². The number of carbonyl (C=O) groups excluding carboxylic acids is 4. The van der Waals surface area contributed by atoms with E-state index >= 15 is 9.59 Å². The summed E-state index contributed by atoms with van der Waals surface area (Å²) < 4.78 is 13.1. The van der Waals surface area contributed by atoms with E-state index in [9.17, 15) is 14.7 Å². The molecule has 0 unspecified atom stereocenters. The Morgan fingerprint density at radius 1 is 1.04 bits per heavy atom. The highest BCUT2D eigenvalue weighted by molar-refractivity contribution is 6.34. The maximum Gasteiger partial charge on any atom is 0.313 e. The first-order valence-electron chi connectivity index (χ1n) is 18.5. The van der Waals surface area contributed by atoms with Crippen molar-refractivity contribution in [2.24, 2.45) is 11.8 Å². The summed E-state index contributed by atoms with van der Waals surface area (Å²) in [4.78, 5) is 62.5. The van der Waals surface area contributed by atoms with Crippen LogP contribution in [-0.4, -0.2) is 82.6 Å². The summed E-state index contributed by atoms with van der Waals surface area (Å²) in [7, 11) is 1.68. The van der Waals surface area contributed by atoms with E-state index in [1.165, 1.54) is 9.80 Å². The van der Waals surface area contributed by atoms with Crippen LogP contribution in [0.25, 0.3) is 0 Å². The van der Waals surface area contributed by atoms with Crippen molar-refractivity contribution in [3.05, 3.63) is 126 Å². The van der Waals surface area contributed by atoms with Gasteiger partial charge in [0.05, 0.1) is 47.3 Å². The maximum atomic E-state index is 15.2. The highest BCUT2D eigenvalue weighted by atomic mass is 35.5. The summed E-state index contributed by atoms with van der Waals surface area (Å²) in [5.74, 6) is -3.83. The standard InChI is InChI=1S/C43H48ClN3O7/c1-6-8-22-34(49)45(5)28(4)38(30-19-13-10-14-20-30)53-42(52)35-33-23-24-43(54-33)36(35)40(50)47(32(26-48)29-17-11-9-12-18-29)39(43)41(51)46(25-7-2)37-27(3)16-15-21-31(37)44/h6-7,9-21,28,32-33,35-36,38-39,48H,1-2,8,22-26H2,3-5H3/t28-,32-,33-,35+,36+,38+,39-,43+/m1/s1. The van der Waals surface area contributed by atoms with E-state index in [-0.39, 0.29) is 18.9 Å². The smallest absolute Gasteiger partial charge is 0.313 e. The first-order chi connectivity index (χ1) is 26.0. The number of para-hydroxylation sites is 1. The SMILES string of the molecule is C=CCCC(=O)N(C)[C@H](C)[C@H](OC(=O)[C@@H]1[C@H]2C(=O)N([C@H](CO)c3ccccc3)[C@H](C(=O)N(CC=C)c3c(C)cccc3Cl)[C@]23CC[C@H]1O3)c1ccccc1. The number of nitrogens with zero attached hydrogens (tertiary/aromatic N) is 3. The fourth-order valence-electron chi connectivity index (χ4n) is 8.66. The normalized spacial score (nSPS) is 24.3. The van der Waals surface area contributed by atoms with Gasteiger partial charge in [0.25, 0.3) is 5.91 Å². The number of amides is 3. The van der Waals surface area contributed by atoms with Crippen LogP contribution in [0.5, 0.6) is 0 Å². The molecule has 8 atom stereocenters. The fourth-order valence-corrected chi connectivity index (χ4v) is 8.98. The van der Waals surface area contributed by atoms with Gasteiger partial charge in [0, 0.05) is 20.0 Å². The topological polar surface area (TPSA) is 117 Å². The molecule has 0 aliphatic carbocycles. The average Bonchev–Trinajstić information content (AvgIpc) is 3.83. The molecule has 3 aromatic rings. The van der Waals surface area contributed by atoms with E-state index in [0.29, 0.717) is 41.1 Å². The molecule has 0 aromatic heterocycles. The zero-order chi connectivity index (χ0) is 38.7. The predicted octanol–water partition coefficient (Wildman–Crippen LogP) is 6.37. The number of fused-ring (bicyclic) bond motifs is 1. The van der Waals surface area contributed by atoms with Crippen LogP contribution in [0.1, 0.15) is 61.4 Å². The second kappa shape index (κ2) is 16.3. The van der Waals surface area contributed by atoms with Crippen LogP contribution < -0.4 is 4.90 Å². The average molecular weight is 754 g/mol. The molecule has 3 fully saturated rings. The van der Waals surface area contributed by atoms with Gasteiger partial charge in [-0.15, -0.1) is 13.2 Å². The van der Waals surface area contributed by atoms with Crippen molar-refractivity contribution in [2.75, 3.05) is 25.1 Å². The number of allylic oxidation sites excluding steroid dienone is 1. The molecule has 1 N–H and O–H groups in total. The zero-order valence-corrected chi connectivity index (χ0v) is 31.7. The van der Waals surface area contributed by atoms with Crippen molar-refractivity contribution < 1.29 is 33.8 Å². The molecule has 10 nitrogen and oxygen atoms in total. The summed E-state index contributed by atoms with van der Waals surface area (Å²) in [6.45, 7) is 10.9. The monoisotopic (exact) mass is 753 g/mol. The third-order valence-corrected chi connectivity index (χ3v) is 11.7. The Bertz CT molecular complexity index is 1870. The summed E-state index contributed by atoms with van der Waals surface area (Å²) in [5, 5.41) is 11.3. The largest absolute Gasteiger partial charge is 0.455 e. The number of anilines is 1. The molecular formula is C43H48ClN3O7. The molecule has 3 saturated heterocycles. The van der Waals surface area contributed by atoms with Crippen LogP contribution in [0, 0.1) is 18.8 Å². The molecule has 54 heavy (non-hydrogen) atoms. The number of ether oxygens (including phenoxy) is 2. The van der Waals surface area contributed by atoms with Gasteiger partial charge in [0.1, 0.15) is 17.7 Å². The van der Waals surface area contributed by atoms with Gasteiger partial charge in [-0.25, -0.2) is 0 Å². The summed E-state index contributed by atoms with van der Waals surface area (Å²) >= 11 is 6.74. The molecule has 3 aromatic carbocycles. The predicted molar refractivity (Wildman–Crippen MR) is 206 cm³/mol. The van der Waals surface area contributed by atoms with Gasteiger partial charge in [-0.3, -0.25) is 19.2 Å². The lowest BCUT2D eigenvalue weighted by molar-refractivity contribution is -0.165. The Balaban J connectivity index is 1.42. The van der Waals surface area contributed by atoms with Gasteiger partial charge in [-0.05, 0) is 55.9 Å². The van der Waals surface area contributed by atoms with E-state index < -0.39 is 72.2 Å². The van der Waals surface area contributed by atoms with Gasteiger partial charge in [-0.2, -0.15) is 0 Å². The lowest BCUT2D eigenvalue weighted by Gasteiger charge is -2.39. The van der Waals surface area contributed by atoms with E-state index in [0.717, 1.165) is 5.56 Å². The van der Waals surface area contributed by atoms with E-state index in [2.05, 4.69) is 13.2 Å². The number of aliphatic hydroxyl groups is 1. The minimum atomic E-state index is -1.40. The third-order valence-electron chi connectivity index (χ3n) is 11.3. The first kappa shape index (κ1) is 38.9. The molecule has 0 saturated carbocycles. The van der Waals surface area contributed by atoms with E-state index in [1.807, 2.05) is 56.3 Å². The van der Waals surface area contributed by atoms with Crippen molar-refractivity contribution in [1.29, 1.82) is 0 Å². The fraction of sp³-hybridized carbons (Fsp3) is 0.395. The zero-order valence-electron chi connectivity index (χ0n) is 31.0.